The summed E-state index contributed by atoms with van der Waals surface area (Å²) in [7, 11) is 0. The van der Waals surface area contributed by atoms with Gasteiger partial charge in [-0.25, -0.2) is 4.98 Å². The molecule has 68 valence electrons. The lowest BCUT2D eigenvalue weighted by molar-refractivity contribution is 1.01. The Morgan fingerprint density at radius 2 is 2.46 bits per heavy atom. The van der Waals surface area contributed by atoms with Crippen LogP contribution >= 0.6 is 27.3 Å². The number of imidazole rings is 1. The molecular weight excluding hydrogens is 250 g/mol. The molecule has 0 unspecified atom stereocenters. The standard InChI is InChI=1S/C8H8BrN3S/c9-5-1-7(13-3-5)8-6(2-10)11-4-12-8/h1,3-4H,2,10H2,(H,11,12). The van der Waals surface area contributed by atoms with Crippen LogP contribution in [0.5, 0.6) is 0 Å². The van der Waals surface area contributed by atoms with Crippen molar-refractivity contribution in [2.24, 2.45) is 5.73 Å². The third kappa shape index (κ3) is 1.67. The number of H-pyrrole nitrogens is 1. The highest BCUT2D eigenvalue weighted by atomic mass is 79.9. The van der Waals surface area contributed by atoms with Gasteiger partial charge in [-0.15, -0.1) is 11.3 Å². The molecular formula is C8H8BrN3S. The third-order valence-corrected chi connectivity index (χ3v) is 3.42. The lowest BCUT2D eigenvalue weighted by Gasteiger charge is -1.94. The van der Waals surface area contributed by atoms with E-state index in [2.05, 4.69) is 25.9 Å². The summed E-state index contributed by atoms with van der Waals surface area (Å²) < 4.78 is 1.08. The molecule has 5 heteroatoms. The zero-order valence-electron chi connectivity index (χ0n) is 6.75. The molecule has 13 heavy (non-hydrogen) atoms. The first kappa shape index (κ1) is 8.93. The molecule has 2 aromatic rings. The topological polar surface area (TPSA) is 54.7 Å². The van der Waals surface area contributed by atoms with Crippen LogP contribution in [0, 0.1) is 0 Å². The van der Waals surface area contributed by atoms with Crippen LogP contribution < -0.4 is 5.73 Å². The second-order valence-electron chi connectivity index (χ2n) is 2.56. The largest absolute Gasteiger partial charge is 0.347 e. The Kier molecular flexibility index (Phi) is 2.48. The van der Waals surface area contributed by atoms with Crippen molar-refractivity contribution in [3.63, 3.8) is 0 Å². The number of thiophene rings is 1. The molecule has 0 fully saturated rings. The summed E-state index contributed by atoms with van der Waals surface area (Å²) in [5, 5.41) is 2.03. The Labute approximate surface area is 88.1 Å². The Balaban J connectivity index is 2.45. The second-order valence-corrected chi connectivity index (χ2v) is 4.39. The molecule has 2 heterocycles. The molecule has 0 radical (unpaired) electrons. The van der Waals surface area contributed by atoms with Crippen molar-refractivity contribution >= 4 is 27.3 Å². The molecule has 0 aliphatic heterocycles. The number of nitrogens with zero attached hydrogens (tertiary/aromatic N) is 1. The van der Waals surface area contributed by atoms with Gasteiger partial charge in [0.1, 0.15) is 5.69 Å². The van der Waals surface area contributed by atoms with Crippen molar-refractivity contribution in [3.8, 4) is 10.6 Å². The summed E-state index contributed by atoms with van der Waals surface area (Å²) >= 11 is 5.06. The first-order chi connectivity index (χ1) is 6.31. The fraction of sp³-hybridized carbons (Fsp3) is 0.125. The minimum atomic E-state index is 0.491. The summed E-state index contributed by atoms with van der Waals surface area (Å²) in [5.74, 6) is 0. The molecule has 0 aliphatic carbocycles. The number of halogens is 1. The van der Waals surface area contributed by atoms with E-state index in [1.54, 1.807) is 17.7 Å². The van der Waals surface area contributed by atoms with E-state index in [1.165, 1.54) is 0 Å². The van der Waals surface area contributed by atoms with Gasteiger partial charge >= 0.3 is 0 Å². The van der Waals surface area contributed by atoms with E-state index in [4.69, 9.17) is 5.73 Å². The van der Waals surface area contributed by atoms with E-state index in [0.29, 0.717) is 6.54 Å². The van der Waals surface area contributed by atoms with E-state index in [1.807, 2.05) is 11.4 Å². The van der Waals surface area contributed by atoms with Gasteiger partial charge in [0.25, 0.3) is 0 Å². The summed E-state index contributed by atoms with van der Waals surface area (Å²) in [4.78, 5) is 8.38. The minimum Gasteiger partial charge on any atom is -0.347 e. The Hall–Kier alpha value is -0.650. The predicted octanol–water partition coefficient (Wildman–Crippen LogP) is 2.36. The molecule has 0 aromatic carbocycles. The smallest absolute Gasteiger partial charge is 0.103 e. The lowest BCUT2D eigenvalue weighted by atomic mass is 10.3. The first-order valence-corrected chi connectivity index (χ1v) is 5.45. The quantitative estimate of drug-likeness (QED) is 0.868. The summed E-state index contributed by atoms with van der Waals surface area (Å²) in [6.07, 6.45) is 1.67. The van der Waals surface area contributed by atoms with Gasteiger partial charge in [0.15, 0.2) is 0 Å². The van der Waals surface area contributed by atoms with Gasteiger partial charge in [0.2, 0.25) is 0 Å². The number of aromatic nitrogens is 2. The minimum absolute atomic E-state index is 0.491. The van der Waals surface area contributed by atoms with Gasteiger partial charge in [-0.2, -0.15) is 0 Å². The van der Waals surface area contributed by atoms with Gasteiger partial charge in [0, 0.05) is 16.4 Å². The van der Waals surface area contributed by atoms with Crippen molar-refractivity contribution in [3.05, 3.63) is 27.9 Å². The van der Waals surface area contributed by atoms with Crippen LogP contribution in [-0.4, -0.2) is 9.97 Å². The van der Waals surface area contributed by atoms with E-state index in [0.717, 1.165) is 20.7 Å². The van der Waals surface area contributed by atoms with Crippen molar-refractivity contribution in [1.82, 2.24) is 9.97 Å². The van der Waals surface area contributed by atoms with Gasteiger partial charge in [0.05, 0.1) is 16.9 Å². The van der Waals surface area contributed by atoms with Crippen molar-refractivity contribution in [1.29, 1.82) is 0 Å². The summed E-state index contributed by atoms with van der Waals surface area (Å²) in [5.41, 5.74) is 7.50. The number of nitrogens with two attached hydrogens (primary N) is 1. The fourth-order valence-corrected chi connectivity index (χ4v) is 2.58. The number of aromatic amines is 1. The van der Waals surface area contributed by atoms with Crippen LogP contribution in [0.2, 0.25) is 0 Å². The van der Waals surface area contributed by atoms with E-state index in [-0.39, 0.29) is 0 Å². The number of rotatable bonds is 2. The van der Waals surface area contributed by atoms with E-state index < -0.39 is 0 Å². The number of hydrogen-bond acceptors (Lipinski definition) is 3. The van der Waals surface area contributed by atoms with Crippen molar-refractivity contribution in [2.45, 2.75) is 6.54 Å². The third-order valence-electron chi connectivity index (χ3n) is 1.72. The highest BCUT2D eigenvalue weighted by Gasteiger charge is 2.08. The monoisotopic (exact) mass is 257 g/mol. The Morgan fingerprint density at radius 1 is 1.62 bits per heavy atom. The average Bonchev–Trinajstić information content (AvgIpc) is 2.71. The summed E-state index contributed by atoms with van der Waals surface area (Å²) in [6, 6.07) is 2.04. The van der Waals surface area contributed by atoms with Crippen molar-refractivity contribution in [2.75, 3.05) is 0 Å². The maximum atomic E-state index is 5.56. The van der Waals surface area contributed by atoms with E-state index >= 15 is 0 Å². The van der Waals surface area contributed by atoms with Gasteiger partial charge < -0.3 is 10.7 Å². The molecule has 3 nitrogen and oxygen atoms in total. The zero-order chi connectivity index (χ0) is 9.26. The average molecular weight is 258 g/mol. The molecule has 0 bridgehead atoms. The highest BCUT2D eigenvalue weighted by molar-refractivity contribution is 9.10. The van der Waals surface area contributed by atoms with Crippen LogP contribution in [0.1, 0.15) is 5.69 Å². The molecule has 2 aromatic heterocycles. The van der Waals surface area contributed by atoms with Crippen molar-refractivity contribution < 1.29 is 0 Å². The predicted molar refractivity (Wildman–Crippen MR) is 57.5 cm³/mol. The SMILES string of the molecule is NCc1[nH]cnc1-c1cc(Br)cs1. The Morgan fingerprint density at radius 3 is 3.08 bits per heavy atom. The molecule has 0 saturated carbocycles. The van der Waals surface area contributed by atoms with Crippen LogP contribution in [0.3, 0.4) is 0 Å². The highest BCUT2D eigenvalue weighted by Crippen LogP contribution is 2.29. The maximum Gasteiger partial charge on any atom is 0.103 e. The molecule has 0 spiro atoms. The van der Waals surface area contributed by atoms with Gasteiger partial charge in [-0.1, -0.05) is 0 Å². The van der Waals surface area contributed by atoms with Crippen LogP contribution in [-0.2, 0) is 6.54 Å². The van der Waals surface area contributed by atoms with Gasteiger partial charge in [-0.3, -0.25) is 0 Å². The molecule has 2 rings (SSSR count). The molecule has 0 aliphatic rings. The van der Waals surface area contributed by atoms with Gasteiger partial charge in [-0.05, 0) is 22.0 Å². The lowest BCUT2D eigenvalue weighted by Crippen LogP contribution is -1.97. The normalized spacial score (nSPS) is 10.6. The Bertz CT molecular complexity index is 407. The molecule has 0 atom stereocenters. The first-order valence-electron chi connectivity index (χ1n) is 3.78. The fourth-order valence-electron chi connectivity index (χ4n) is 1.13. The van der Waals surface area contributed by atoms with Crippen LogP contribution in [0.4, 0.5) is 0 Å². The summed E-state index contributed by atoms with van der Waals surface area (Å²) in [6.45, 7) is 0.491. The number of nitrogens with one attached hydrogen (secondary N) is 1. The molecule has 3 N–H and O–H groups in total. The van der Waals surface area contributed by atoms with Crippen LogP contribution in [0.25, 0.3) is 10.6 Å². The number of hydrogen-bond donors (Lipinski definition) is 2. The van der Waals surface area contributed by atoms with Crippen LogP contribution in [0.15, 0.2) is 22.2 Å². The zero-order valence-corrected chi connectivity index (χ0v) is 9.15. The second kappa shape index (κ2) is 3.61. The molecule has 0 amide bonds. The maximum absolute atomic E-state index is 5.56. The molecule has 0 saturated heterocycles. The van der Waals surface area contributed by atoms with E-state index in [9.17, 15) is 0 Å².